The highest BCUT2D eigenvalue weighted by Crippen LogP contribution is 2.28. The third kappa shape index (κ3) is 7.50. The lowest BCUT2D eigenvalue weighted by Crippen LogP contribution is -2.53. The first-order valence-corrected chi connectivity index (χ1v) is 15.2. The first kappa shape index (κ1) is 30.9. The van der Waals surface area contributed by atoms with E-state index in [1.54, 1.807) is 36.4 Å². The van der Waals surface area contributed by atoms with E-state index in [1.807, 2.05) is 77.9 Å². The Morgan fingerprint density at radius 3 is 2.15 bits per heavy atom. The van der Waals surface area contributed by atoms with E-state index in [1.165, 1.54) is 9.21 Å². The second kappa shape index (κ2) is 13.6. The zero-order valence-corrected chi connectivity index (χ0v) is 25.2. The predicted octanol–water partition coefficient (Wildman–Crippen LogP) is 5.39. The summed E-state index contributed by atoms with van der Waals surface area (Å²) in [6, 6.07) is 20.7. The minimum absolute atomic E-state index is 0.103. The van der Waals surface area contributed by atoms with Gasteiger partial charge in [0.1, 0.15) is 12.6 Å². The molecule has 3 aromatic carbocycles. The second-order valence-electron chi connectivity index (χ2n) is 10.4. The summed E-state index contributed by atoms with van der Waals surface area (Å²) in [6.07, 6.45) is 0.970. The van der Waals surface area contributed by atoms with Gasteiger partial charge in [0.25, 0.3) is 10.0 Å². The van der Waals surface area contributed by atoms with Crippen LogP contribution in [0.4, 0.5) is 5.69 Å². The number of amides is 2. The molecule has 0 fully saturated rings. The fraction of sp³-hybridized carbons (Fsp3) is 0.375. The van der Waals surface area contributed by atoms with Crippen molar-refractivity contribution in [3.8, 4) is 0 Å². The van der Waals surface area contributed by atoms with Crippen LogP contribution in [0.3, 0.4) is 0 Å². The van der Waals surface area contributed by atoms with E-state index in [0.29, 0.717) is 18.5 Å². The van der Waals surface area contributed by atoms with Crippen molar-refractivity contribution in [2.75, 3.05) is 10.8 Å². The van der Waals surface area contributed by atoms with E-state index in [2.05, 4.69) is 5.32 Å². The van der Waals surface area contributed by atoms with Crippen LogP contribution in [-0.4, -0.2) is 43.8 Å². The summed E-state index contributed by atoms with van der Waals surface area (Å²) in [5.74, 6) is -0.714. The molecule has 0 heterocycles. The van der Waals surface area contributed by atoms with Gasteiger partial charge < -0.3 is 10.2 Å². The van der Waals surface area contributed by atoms with Crippen molar-refractivity contribution in [2.24, 2.45) is 0 Å². The van der Waals surface area contributed by atoms with Gasteiger partial charge in [-0.2, -0.15) is 0 Å². The molecular weight excluding hydrogens is 522 g/mol. The van der Waals surface area contributed by atoms with Crippen LogP contribution in [0.15, 0.2) is 77.7 Å². The first-order valence-electron chi connectivity index (χ1n) is 13.8. The molecule has 40 heavy (non-hydrogen) atoms. The maximum absolute atomic E-state index is 14.2. The van der Waals surface area contributed by atoms with Gasteiger partial charge in [0.05, 0.1) is 10.6 Å². The number of hydrogen-bond acceptors (Lipinski definition) is 4. The van der Waals surface area contributed by atoms with Crippen molar-refractivity contribution in [2.45, 2.75) is 77.9 Å². The number of rotatable bonds is 12. The van der Waals surface area contributed by atoms with Gasteiger partial charge in [0.2, 0.25) is 11.8 Å². The predicted molar refractivity (Wildman–Crippen MR) is 161 cm³/mol. The summed E-state index contributed by atoms with van der Waals surface area (Å²) < 4.78 is 29.3. The highest BCUT2D eigenvalue weighted by atomic mass is 32.2. The topological polar surface area (TPSA) is 86.8 Å². The molecule has 1 N–H and O–H groups in total. The van der Waals surface area contributed by atoms with Crippen LogP contribution in [0.2, 0.25) is 0 Å². The van der Waals surface area contributed by atoms with E-state index >= 15 is 0 Å². The highest BCUT2D eigenvalue weighted by molar-refractivity contribution is 7.92. The standard InChI is InChI=1S/C32H41N3O4S/c1-7-27-14-9-10-15-30(27)35(40(38,39)28-18-16-24(5)17-19-28)22-31(36)34(21-26-13-11-12-25(6)20-26)29(8-2)32(37)33-23(3)4/h9-20,23,29H,7-8,21-22H2,1-6H3,(H,33,37)/t29-/m0/s1. The average molecular weight is 564 g/mol. The molecular formula is C32H41N3O4S. The van der Waals surface area contributed by atoms with Gasteiger partial charge in [-0.05, 0) is 69.9 Å². The highest BCUT2D eigenvalue weighted by Gasteiger charge is 2.34. The maximum atomic E-state index is 14.2. The quantitative estimate of drug-likeness (QED) is 0.320. The molecule has 0 aliphatic rings. The van der Waals surface area contributed by atoms with Gasteiger partial charge in [0, 0.05) is 12.6 Å². The minimum atomic E-state index is -4.10. The molecule has 2 amide bonds. The zero-order valence-electron chi connectivity index (χ0n) is 24.3. The summed E-state index contributed by atoms with van der Waals surface area (Å²) in [5.41, 5.74) is 4.09. The molecule has 3 aromatic rings. The Bertz CT molecular complexity index is 1420. The number of nitrogens with one attached hydrogen (secondary N) is 1. The lowest BCUT2D eigenvalue weighted by atomic mass is 10.1. The summed E-state index contributed by atoms with van der Waals surface area (Å²) >= 11 is 0. The fourth-order valence-electron chi connectivity index (χ4n) is 4.71. The summed E-state index contributed by atoms with van der Waals surface area (Å²) in [6.45, 7) is 11.1. The Balaban J connectivity index is 2.10. The number of benzene rings is 3. The summed E-state index contributed by atoms with van der Waals surface area (Å²) in [7, 11) is -4.10. The lowest BCUT2D eigenvalue weighted by molar-refractivity contribution is -0.140. The number of para-hydroxylation sites is 1. The molecule has 7 nitrogen and oxygen atoms in total. The van der Waals surface area contributed by atoms with Crippen LogP contribution < -0.4 is 9.62 Å². The number of carbonyl (C=O) groups excluding carboxylic acids is 2. The summed E-state index contributed by atoms with van der Waals surface area (Å²) in [5, 5.41) is 2.93. The molecule has 0 radical (unpaired) electrons. The molecule has 3 rings (SSSR count). The zero-order chi connectivity index (χ0) is 29.4. The molecule has 214 valence electrons. The molecule has 0 saturated carbocycles. The largest absolute Gasteiger partial charge is 0.352 e. The molecule has 0 saturated heterocycles. The van der Waals surface area contributed by atoms with Crippen LogP contribution in [0.25, 0.3) is 0 Å². The van der Waals surface area contributed by atoms with E-state index < -0.39 is 28.5 Å². The normalized spacial score (nSPS) is 12.2. The van der Waals surface area contributed by atoms with Crippen molar-refractivity contribution in [1.82, 2.24) is 10.2 Å². The minimum Gasteiger partial charge on any atom is -0.352 e. The van der Waals surface area contributed by atoms with Crippen molar-refractivity contribution < 1.29 is 18.0 Å². The molecule has 0 aliphatic carbocycles. The van der Waals surface area contributed by atoms with Gasteiger partial charge in [-0.3, -0.25) is 13.9 Å². The molecule has 0 aliphatic heterocycles. The lowest BCUT2D eigenvalue weighted by Gasteiger charge is -2.34. The van der Waals surface area contributed by atoms with Crippen LogP contribution in [0, 0.1) is 13.8 Å². The van der Waals surface area contributed by atoms with E-state index in [-0.39, 0.29) is 23.4 Å². The van der Waals surface area contributed by atoms with Crippen LogP contribution in [0.5, 0.6) is 0 Å². The molecule has 1 atom stereocenters. The number of aryl methyl sites for hydroxylation is 3. The Morgan fingerprint density at radius 1 is 0.875 bits per heavy atom. The molecule has 0 unspecified atom stereocenters. The van der Waals surface area contributed by atoms with Gasteiger partial charge in [-0.25, -0.2) is 8.42 Å². The number of sulfonamides is 1. The number of nitrogens with zero attached hydrogens (tertiary/aromatic N) is 2. The van der Waals surface area contributed by atoms with E-state index in [4.69, 9.17) is 0 Å². The van der Waals surface area contributed by atoms with Crippen molar-refractivity contribution in [3.63, 3.8) is 0 Å². The summed E-state index contributed by atoms with van der Waals surface area (Å²) in [4.78, 5) is 29.1. The third-order valence-electron chi connectivity index (χ3n) is 6.78. The van der Waals surface area contributed by atoms with Crippen molar-refractivity contribution >= 4 is 27.5 Å². The molecule has 0 spiro atoms. The third-order valence-corrected chi connectivity index (χ3v) is 8.56. The Hall–Kier alpha value is -3.65. The average Bonchev–Trinajstić information content (AvgIpc) is 2.91. The molecule has 8 heteroatoms. The van der Waals surface area contributed by atoms with Gasteiger partial charge in [-0.15, -0.1) is 0 Å². The maximum Gasteiger partial charge on any atom is 0.264 e. The molecule has 0 aromatic heterocycles. The van der Waals surface area contributed by atoms with Gasteiger partial charge in [0.15, 0.2) is 0 Å². The molecule has 0 bridgehead atoms. The number of anilines is 1. The monoisotopic (exact) mass is 563 g/mol. The van der Waals surface area contributed by atoms with Gasteiger partial charge >= 0.3 is 0 Å². The Morgan fingerprint density at radius 2 is 1.55 bits per heavy atom. The van der Waals surface area contributed by atoms with E-state index in [9.17, 15) is 18.0 Å². The van der Waals surface area contributed by atoms with Crippen molar-refractivity contribution in [3.05, 3.63) is 95.1 Å². The van der Waals surface area contributed by atoms with Crippen LogP contribution in [0.1, 0.15) is 56.4 Å². The number of carbonyl (C=O) groups is 2. The first-order chi connectivity index (χ1) is 19.0. The SMILES string of the molecule is CCc1ccccc1N(CC(=O)N(Cc1cccc(C)c1)[C@@H](CC)C(=O)NC(C)C)S(=O)(=O)c1ccc(C)cc1. The van der Waals surface area contributed by atoms with Crippen LogP contribution >= 0.6 is 0 Å². The Labute approximate surface area is 239 Å². The van der Waals surface area contributed by atoms with Crippen molar-refractivity contribution in [1.29, 1.82) is 0 Å². The van der Waals surface area contributed by atoms with Crippen LogP contribution in [-0.2, 0) is 32.6 Å². The Kier molecular flexibility index (Phi) is 10.5. The fourth-order valence-corrected chi connectivity index (χ4v) is 6.16. The second-order valence-corrected chi connectivity index (χ2v) is 12.3. The van der Waals surface area contributed by atoms with E-state index in [0.717, 1.165) is 22.3 Å². The van der Waals surface area contributed by atoms with Gasteiger partial charge in [-0.1, -0.05) is 79.6 Å². The number of hydrogen-bond donors (Lipinski definition) is 1. The smallest absolute Gasteiger partial charge is 0.264 e.